The van der Waals surface area contributed by atoms with Gasteiger partial charge < -0.3 is 18.9 Å². The second-order valence-electron chi connectivity index (χ2n) is 5.04. The molecular formula is C16H20O8. The standard InChI is InChI=1S/C16H20O8/c1-21-13(17)11(14(18)22-2)8-9-5-6-10(7-9)12(15(19)23-3)16(20)24-4/h5-6,8-10,12H,7H2,1-4H3/t9-,10+/m0/s1. The first kappa shape index (κ1) is 19.4. The van der Waals surface area contributed by atoms with E-state index < -0.39 is 35.7 Å². The molecule has 8 heteroatoms. The molecular weight excluding hydrogens is 320 g/mol. The zero-order chi connectivity index (χ0) is 18.3. The first-order valence-corrected chi connectivity index (χ1v) is 7.12. The number of methoxy groups -OCH3 is 4. The average molecular weight is 340 g/mol. The Kier molecular flexibility index (Phi) is 7.16. The SMILES string of the molecule is COC(=O)C(=C[C@H]1C=C[C@@H](C(C(=O)OC)C(=O)OC)C1)C(=O)OC. The summed E-state index contributed by atoms with van der Waals surface area (Å²) in [6, 6.07) is 0. The molecule has 0 aromatic heterocycles. The molecule has 0 heterocycles. The average Bonchev–Trinajstić information content (AvgIpc) is 3.05. The normalized spacial score (nSPS) is 18.7. The van der Waals surface area contributed by atoms with E-state index in [0.717, 1.165) is 14.2 Å². The molecule has 0 bridgehead atoms. The number of carbonyl (C=O) groups excluding carboxylic acids is 4. The smallest absolute Gasteiger partial charge is 0.344 e. The van der Waals surface area contributed by atoms with E-state index in [2.05, 4.69) is 18.9 Å². The fourth-order valence-electron chi connectivity index (χ4n) is 2.48. The summed E-state index contributed by atoms with van der Waals surface area (Å²) in [5, 5.41) is 0. The van der Waals surface area contributed by atoms with Crippen LogP contribution in [0.5, 0.6) is 0 Å². The van der Waals surface area contributed by atoms with Crippen LogP contribution in [0.3, 0.4) is 0 Å². The van der Waals surface area contributed by atoms with Gasteiger partial charge in [0, 0.05) is 5.92 Å². The second kappa shape index (κ2) is 8.85. The van der Waals surface area contributed by atoms with E-state index in [4.69, 9.17) is 0 Å². The largest absolute Gasteiger partial charge is 0.468 e. The van der Waals surface area contributed by atoms with Crippen LogP contribution in [0.4, 0.5) is 0 Å². The Morgan fingerprint density at radius 2 is 1.38 bits per heavy atom. The van der Waals surface area contributed by atoms with Crippen molar-refractivity contribution in [2.45, 2.75) is 6.42 Å². The van der Waals surface area contributed by atoms with Crippen LogP contribution >= 0.6 is 0 Å². The van der Waals surface area contributed by atoms with Gasteiger partial charge in [0.15, 0.2) is 5.92 Å². The molecule has 0 aromatic carbocycles. The van der Waals surface area contributed by atoms with E-state index in [9.17, 15) is 19.2 Å². The minimum Gasteiger partial charge on any atom is -0.468 e. The van der Waals surface area contributed by atoms with Crippen molar-refractivity contribution in [2.24, 2.45) is 17.8 Å². The lowest BCUT2D eigenvalue weighted by atomic mass is 9.89. The van der Waals surface area contributed by atoms with Crippen LogP contribution in [0.2, 0.25) is 0 Å². The highest BCUT2D eigenvalue weighted by Gasteiger charge is 2.38. The summed E-state index contributed by atoms with van der Waals surface area (Å²) in [5.74, 6) is -4.98. The molecule has 0 fully saturated rings. The van der Waals surface area contributed by atoms with Crippen LogP contribution in [0.15, 0.2) is 23.8 Å². The van der Waals surface area contributed by atoms with Gasteiger partial charge in [-0.05, 0) is 12.3 Å². The molecule has 132 valence electrons. The van der Waals surface area contributed by atoms with E-state index in [-0.39, 0.29) is 11.5 Å². The Balaban J connectivity index is 2.97. The first-order chi connectivity index (χ1) is 11.4. The highest BCUT2D eigenvalue weighted by molar-refractivity contribution is 6.14. The summed E-state index contributed by atoms with van der Waals surface area (Å²) in [6.07, 6.45) is 5.06. The van der Waals surface area contributed by atoms with Crippen molar-refractivity contribution in [3.63, 3.8) is 0 Å². The molecule has 0 aromatic rings. The van der Waals surface area contributed by atoms with Crippen LogP contribution in [0.1, 0.15) is 6.42 Å². The molecule has 0 spiro atoms. The molecule has 8 nitrogen and oxygen atoms in total. The van der Waals surface area contributed by atoms with Crippen LogP contribution in [0, 0.1) is 17.8 Å². The Labute approximate surface area is 139 Å². The lowest BCUT2D eigenvalue weighted by Crippen LogP contribution is -2.32. The van der Waals surface area contributed by atoms with Crippen LogP contribution in [-0.4, -0.2) is 52.3 Å². The monoisotopic (exact) mass is 340 g/mol. The van der Waals surface area contributed by atoms with E-state index in [0.29, 0.717) is 6.42 Å². The summed E-state index contributed by atoms with van der Waals surface area (Å²) < 4.78 is 18.4. The van der Waals surface area contributed by atoms with Crippen molar-refractivity contribution in [3.05, 3.63) is 23.8 Å². The molecule has 2 atom stereocenters. The fourth-order valence-corrected chi connectivity index (χ4v) is 2.48. The number of carbonyl (C=O) groups is 4. The third-order valence-corrected chi connectivity index (χ3v) is 3.68. The minimum atomic E-state index is -1.10. The number of hydrogen-bond acceptors (Lipinski definition) is 8. The summed E-state index contributed by atoms with van der Waals surface area (Å²) in [5.41, 5.74) is -0.247. The highest BCUT2D eigenvalue weighted by Crippen LogP contribution is 2.32. The van der Waals surface area contributed by atoms with Gasteiger partial charge in [-0.25, -0.2) is 9.59 Å². The van der Waals surface area contributed by atoms with Crippen molar-refractivity contribution in [2.75, 3.05) is 28.4 Å². The molecule has 1 aliphatic carbocycles. The van der Waals surface area contributed by atoms with Gasteiger partial charge in [-0.15, -0.1) is 0 Å². The van der Waals surface area contributed by atoms with Crippen molar-refractivity contribution in [1.82, 2.24) is 0 Å². The maximum Gasteiger partial charge on any atom is 0.344 e. The fraction of sp³-hybridized carbons (Fsp3) is 0.500. The van der Waals surface area contributed by atoms with Crippen molar-refractivity contribution >= 4 is 23.9 Å². The minimum absolute atomic E-state index is 0.247. The lowest BCUT2D eigenvalue weighted by Gasteiger charge is -2.18. The predicted molar refractivity (Wildman–Crippen MR) is 80.4 cm³/mol. The molecule has 0 radical (unpaired) electrons. The van der Waals surface area contributed by atoms with E-state index in [1.807, 2.05) is 0 Å². The first-order valence-electron chi connectivity index (χ1n) is 7.12. The van der Waals surface area contributed by atoms with Gasteiger partial charge >= 0.3 is 23.9 Å². The molecule has 1 aliphatic rings. The van der Waals surface area contributed by atoms with E-state index >= 15 is 0 Å². The van der Waals surface area contributed by atoms with Crippen molar-refractivity contribution in [3.8, 4) is 0 Å². The van der Waals surface area contributed by atoms with Gasteiger partial charge in [-0.1, -0.05) is 18.2 Å². The summed E-state index contributed by atoms with van der Waals surface area (Å²) in [4.78, 5) is 47.0. The summed E-state index contributed by atoms with van der Waals surface area (Å²) >= 11 is 0. The molecule has 24 heavy (non-hydrogen) atoms. The topological polar surface area (TPSA) is 105 Å². The molecule has 0 unspecified atom stereocenters. The molecule has 0 aliphatic heterocycles. The summed E-state index contributed by atoms with van der Waals surface area (Å²) in [6.45, 7) is 0. The van der Waals surface area contributed by atoms with E-state index in [1.54, 1.807) is 12.2 Å². The zero-order valence-electron chi connectivity index (χ0n) is 13.9. The van der Waals surface area contributed by atoms with Gasteiger partial charge in [0.25, 0.3) is 0 Å². The Morgan fingerprint density at radius 3 is 1.79 bits per heavy atom. The zero-order valence-corrected chi connectivity index (χ0v) is 13.9. The lowest BCUT2D eigenvalue weighted by molar-refractivity contribution is -0.161. The second-order valence-corrected chi connectivity index (χ2v) is 5.04. The van der Waals surface area contributed by atoms with Crippen LogP contribution < -0.4 is 0 Å². The van der Waals surface area contributed by atoms with Crippen molar-refractivity contribution < 1.29 is 38.1 Å². The maximum atomic E-state index is 11.8. The van der Waals surface area contributed by atoms with Crippen molar-refractivity contribution in [1.29, 1.82) is 0 Å². The number of allylic oxidation sites excluding steroid dienone is 3. The Morgan fingerprint density at radius 1 is 0.875 bits per heavy atom. The van der Waals surface area contributed by atoms with Gasteiger partial charge in [0.2, 0.25) is 0 Å². The Hall–Kier alpha value is -2.64. The van der Waals surface area contributed by atoms with Gasteiger partial charge in [0.1, 0.15) is 5.57 Å². The van der Waals surface area contributed by atoms with Gasteiger partial charge in [-0.2, -0.15) is 0 Å². The number of esters is 4. The third-order valence-electron chi connectivity index (χ3n) is 3.68. The maximum absolute atomic E-state index is 11.8. The highest BCUT2D eigenvalue weighted by atomic mass is 16.5. The molecule has 0 N–H and O–H groups in total. The Bertz CT molecular complexity index is 541. The molecule has 1 rings (SSSR count). The van der Waals surface area contributed by atoms with Crippen LogP contribution in [-0.2, 0) is 38.1 Å². The predicted octanol–water partition coefficient (Wildman–Crippen LogP) is 0.413. The third kappa shape index (κ3) is 4.43. The molecule has 0 saturated heterocycles. The molecule has 0 saturated carbocycles. The van der Waals surface area contributed by atoms with Crippen LogP contribution in [0.25, 0.3) is 0 Å². The number of rotatable bonds is 6. The number of ether oxygens (including phenoxy) is 4. The van der Waals surface area contributed by atoms with Gasteiger partial charge in [0.05, 0.1) is 28.4 Å². The van der Waals surface area contributed by atoms with Gasteiger partial charge in [-0.3, -0.25) is 9.59 Å². The quantitative estimate of drug-likeness (QED) is 0.171. The van der Waals surface area contributed by atoms with E-state index in [1.165, 1.54) is 20.3 Å². The number of hydrogen-bond donors (Lipinski definition) is 0. The molecule has 0 amide bonds. The summed E-state index contributed by atoms with van der Waals surface area (Å²) in [7, 11) is 4.66.